The van der Waals surface area contributed by atoms with E-state index < -0.39 is 16.7 Å². The lowest BCUT2D eigenvalue weighted by molar-refractivity contribution is -0.384. The number of carbonyl (C=O) groups is 2. The molecule has 1 aliphatic heterocycles. The van der Waals surface area contributed by atoms with Gasteiger partial charge in [0, 0.05) is 31.8 Å². The molecule has 0 atom stereocenters. The van der Waals surface area contributed by atoms with Crippen LogP contribution in [0.3, 0.4) is 0 Å². The number of imide groups is 1. The Kier molecular flexibility index (Phi) is 6.66. The molecule has 0 saturated carbocycles. The van der Waals surface area contributed by atoms with Crippen LogP contribution in [0, 0.1) is 10.1 Å². The van der Waals surface area contributed by atoms with Crippen molar-refractivity contribution in [2.24, 2.45) is 0 Å². The van der Waals surface area contributed by atoms with Crippen LogP contribution in [0.4, 0.5) is 11.4 Å². The SMILES string of the molecule is CCCOc1cccc(N2C(=O)C(c3ccc([N+](=O)[O-])cc3)=C(N(C)CCO)C2=O)c1. The first-order valence-electron chi connectivity index (χ1n) is 9.81. The van der Waals surface area contributed by atoms with Gasteiger partial charge in [-0.1, -0.05) is 13.0 Å². The van der Waals surface area contributed by atoms with E-state index in [-0.39, 0.29) is 30.1 Å². The van der Waals surface area contributed by atoms with Crippen molar-refractivity contribution >= 4 is 28.8 Å². The average Bonchev–Trinajstić information content (AvgIpc) is 3.02. The van der Waals surface area contributed by atoms with Crippen LogP contribution in [-0.2, 0) is 9.59 Å². The van der Waals surface area contributed by atoms with E-state index in [4.69, 9.17) is 4.74 Å². The smallest absolute Gasteiger partial charge is 0.282 e. The van der Waals surface area contributed by atoms with Gasteiger partial charge in [-0.05, 0) is 36.2 Å². The fraction of sp³-hybridized carbons (Fsp3) is 0.273. The van der Waals surface area contributed by atoms with Crippen molar-refractivity contribution < 1.29 is 24.4 Å². The minimum atomic E-state index is -0.550. The number of hydrogen-bond acceptors (Lipinski definition) is 7. The van der Waals surface area contributed by atoms with Crippen LogP contribution in [0.1, 0.15) is 18.9 Å². The number of non-ortho nitro benzene ring substituents is 1. The summed E-state index contributed by atoms with van der Waals surface area (Å²) < 4.78 is 5.62. The summed E-state index contributed by atoms with van der Waals surface area (Å²) in [7, 11) is 1.60. The molecule has 2 aromatic rings. The highest BCUT2D eigenvalue weighted by Gasteiger charge is 2.41. The summed E-state index contributed by atoms with van der Waals surface area (Å²) in [5.74, 6) is -0.553. The summed E-state index contributed by atoms with van der Waals surface area (Å²) in [6, 6.07) is 12.1. The van der Waals surface area contributed by atoms with Crippen LogP contribution < -0.4 is 9.64 Å². The fourth-order valence-electron chi connectivity index (χ4n) is 3.31. The number of aliphatic hydroxyl groups is 1. The highest BCUT2D eigenvalue weighted by Crippen LogP contribution is 2.35. The normalized spacial score (nSPS) is 13.7. The fourth-order valence-corrected chi connectivity index (χ4v) is 3.31. The Bertz CT molecular complexity index is 1030. The predicted molar refractivity (Wildman–Crippen MR) is 114 cm³/mol. The molecule has 1 N–H and O–H groups in total. The van der Waals surface area contributed by atoms with E-state index in [1.807, 2.05) is 6.92 Å². The van der Waals surface area contributed by atoms with Gasteiger partial charge in [-0.15, -0.1) is 0 Å². The molecule has 162 valence electrons. The van der Waals surface area contributed by atoms with E-state index >= 15 is 0 Å². The molecule has 9 heteroatoms. The Morgan fingerprint density at radius 3 is 2.45 bits per heavy atom. The predicted octanol–water partition coefficient (Wildman–Crippen LogP) is 2.59. The number of nitro groups is 1. The van der Waals surface area contributed by atoms with Crippen LogP contribution >= 0.6 is 0 Å². The summed E-state index contributed by atoms with van der Waals surface area (Å²) in [5, 5.41) is 20.3. The van der Waals surface area contributed by atoms with Gasteiger partial charge in [0.05, 0.1) is 29.4 Å². The number of aliphatic hydroxyl groups excluding tert-OH is 1. The van der Waals surface area contributed by atoms with Crippen molar-refractivity contribution in [2.75, 3.05) is 31.7 Å². The van der Waals surface area contributed by atoms with Gasteiger partial charge >= 0.3 is 0 Å². The molecule has 0 fully saturated rings. The third-order valence-corrected chi connectivity index (χ3v) is 4.79. The summed E-state index contributed by atoms with van der Waals surface area (Å²) in [4.78, 5) is 39.7. The van der Waals surface area contributed by atoms with E-state index in [0.29, 0.717) is 23.6 Å². The van der Waals surface area contributed by atoms with Gasteiger partial charge < -0.3 is 14.7 Å². The highest BCUT2D eigenvalue weighted by atomic mass is 16.6. The zero-order valence-corrected chi connectivity index (χ0v) is 17.3. The van der Waals surface area contributed by atoms with Gasteiger partial charge in [-0.3, -0.25) is 19.7 Å². The van der Waals surface area contributed by atoms with Crippen LogP contribution in [-0.4, -0.2) is 53.6 Å². The number of amides is 2. The zero-order valence-electron chi connectivity index (χ0n) is 17.3. The topological polar surface area (TPSA) is 113 Å². The highest BCUT2D eigenvalue weighted by molar-refractivity contribution is 6.45. The first-order valence-corrected chi connectivity index (χ1v) is 9.81. The third-order valence-electron chi connectivity index (χ3n) is 4.79. The maximum atomic E-state index is 13.4. The molecule has 0 saturated heterocycles. The summed E-state index contributed by atoms with van der Waals surface area (Å²) in [6.45, 7) is 2.40. The lowest BCUT2D eigenvalue weighted by atomic mass is 10.0. The van der Waals surface area contributed by atoms with Crippen LogP contribution in [0.2, 0.25) is 0 Å². The number of anilines is 1. The maximum absolute atomic E-state index is 13.4. The van der Waals surface area contributed by atoms with Gasteiger partial charge in [-0.2, -0.15) is 0 Å². The number of rotatable bonds is 9. The first-order chi connectivity index (χ1) is 14.9. The number of nitrogens with zero attached hydrogens (tertiary/aromatic N) is 3. The quantitative estimate of drug-likeness (QED) is 0.373. The molecule has 0 aromatic heterocycles. The van der Waals surface area contributed by atoms with Crippen LogP contribution in [0.5, 0.6) is 5.75 Å². The molecule has 31 heavy (non-hydrogen) atoms. The molecule has 1 aliphatic rings. The lowest BCUT2D eigenvalue weighted by Gasteiger charge is -2.20. The summed E-state index contributed by atoms with van der Waals surface area (Å²) >= 11 is 0. The molecule has 9 nitrogen and oxygen atoms in total. The van der Waals surface area contributed by atoms with Gasteiger partial charge in [0.15, 0.2) is 0 Å². The Labute approximate surface area is 179 Å². The van der Waals surface area contributed by atoms with Crippen molar-refractivity contribution in [3.05, 3.63) is 69.9 Å². The molecule has 1 heterocycles. The third kappa shape index (κ3) is 4.41. The minimum Gasteiger partial charge on any atom is -0.494 e. The number of ether oxygens (including phenoxy) is 1. The minimum absolute atomic E-state index is 0.118. The molecule has 0 bridgehead atoms. The van der Waals surface area contributed by atoms with Crippen molar-refractivity contribution in [2.45, 2.75) is 13.3 Å². The second-order valence-electron chi connectivity index (χ2n) is 6.96. The lowest BCUT2D eigenvalue weighted by Crippen LogP contribution is -2.34. The van der Waals surface area contributed by atoms with Gasteiger partial charge in [0.2, 0.25) is 0 Å². The Hall–Kier alpha value is -3.72. The number of carbonyl (C=O) groups excluding carboxylic acids is 2. The second kappa shape index (κ2) is 9.40. The van der Waals surface area contributed by atoms with Crippen molar-refractivity contribution in [3.63, 3.8) is 0 Å². The standard InChI is InChI=1S/C22H23N3O6/c1-3-13-31-18-6-4-5-17(14-18)24-21(27)19(20(22(24)28)23(2)11-12-26)15-7-9-16(10-8-15)25(29)30/h4-10,14,26H,3,11-13H2,1-2H3. The van der Waals surface area contributed by atoms with Gasteiger partial charge in [-0.25, -0.2) is 4.90 Å². The molecule has 2 aromatic carbocycles. The molecule has 0 aliphatic carbocycles. The van der Waals surface area contributed by atoms with Crippen molar-refractivity contribution in [1.82, 2.24) is 4.90 Å². The van der Waals surface area contributed by atoms with Gasteiger partial charge in [0.1, 0.15) is 11.4 Å². The van der Waals surface area contributed by atoms with Crippen molar-refractivity contribution in [3.8, 4) is 5.75 Å². The molecule has 3 rings (SSSR count). The van der Waals surface area contributed by atoms with E-state index in [1.165, 1.54) is 29.2 Å². The van der Waals surface area contributed by atoms with E-state index in [9.17, 15) is 24.8 Å². The summed E-state index contributed by atoms with van der Waals surface area (Å²) in [5.41, 5.74) is 0.854. The number of hydrogen-bond donors (Lipinski definition) is 1. The zero-order chi connectivity index (χ0) is 22.5. The molecule has 2 amide bonds. The van der Waals surface area contributed by atoms with Crippen LogP contribution in [0.25, 0.3) is 5.57 Å². The molecule has 0 spiro atoms. The Morgan fingerprint density at radius 2 is 1.84 bits per heavy atom. The number of likely N-dealkylation sites (N-methyl/N-ethyl adjacent to an activating group) is 1. The van der Waals surface area contributed by atoms with E-state index in [0.717, 1.165) is 11.3 Å². The largest absolute Gasteiger partial charge is 0.494 e. The average molecular weight is 425 g/mol. The Morgan fingerprint density at radius 1 is 1.13 bits per heavy atom. The molecular formula is C22H23N3O6. The molecular weight excluding hydrogens is 402 g/mol. The Balaban J connectivity index is 2.05. The monoisotopic (exact) mass is 425 g/mol. The summed E-state index contributed by atoms with van der Waals surface area (Å²) in [6.07, 6.45) is 0.813. The van der Waals surface area contributed by atoms with E-state index in [1.54, 1.807) is 31.3 Å². The second-order valence-corrected chi connectivity index (χ2v) is 6.96. The number of benzene rings is 2. The molecule has 0 unspecified atom stereocenters. The maximum Gasteiger partial charge on any atom is 0.282 e. The van der Waals surface area contributed by atoms with Gasteiger partial charge in [0.25, 0.3) is 17.5 Å². The van der Waals surface area contributed by atoms with E-state index in [2.05, 4.69) is 0 Å². The molecule has 0 radical (unpaired) electrons. The van der Waals surface area contributed by atoms with Crippen molar-refractivity contribution in [1.29, 1.82) is 0 Å². The van der Waals surface area contributed by atoms with Crippen LogP contribution in [0.15, 0.2) is 54.2 Å². The first kappa shape index (κ1) is 22.0. The number of nitro benzene ring substituents is 1.